The zero-order valence-corrected chi connectivity index (χ0v) is 18.0. The Labute approximate surface area is 183 Å². The van der Waals surface area contributed by atoms with Crippen molar-refractivity contribution in [2.75, 3.05) is 18.5 Å². The summed E-state index contributed by atoms with van der Waals surface area (Å²) >= 11 is 1.44. The van der Waals surface area contributed by atoms with E-state index in [1.54, 1.807) is 31.2 Å². The molecule has 2 aliphatic rings. The lowest BCUT2D eigenvalue weighted by atomic mass is 9.95. The molecule has 0 atom stereocenters. The lowest BCUT2D eigenvalue weighted by Crippen LogP contribution is -2.30. The van der Waals surface area contributed by atoms with Gasteiger partial charge in [0.05, 0.1) is 25.3 Å². The van der Waals surface area contributed by atoms with Gasteiger partial charge in [-0.1, -0.05) is 12.1 Å². The number of carbonyl (C=O) groups is 4. The maximum atomic E-state index is 12.8. The minimum atomic E-state index is -0.417. The van der Waals surface area contributed by atoms with Crippen LogP contribution in [0.2, 0.25) is 0 Å². The number of urea groups is 1. The molecule has 2 heterocycles. The monoisotopic (exact) mass is 441 g/mol. The fourth-order valence-electron chi connectivity index (χ4n) is 3.81. The minimum Gasteiger partial charge on any atom is -0.462 e. The number of benzene rings is 1. The van der Waals surface area contributed by atoms with Crippen molar-refractivity contribution in [1.82, 2.24) is 10.2 Å². The Hall–Kier alpha value is -3.20. The maximum absolute atomic E-state index is 12.8. The van der Waals surface area contributed by atoms with Crippen LogP contribution in [-0.4, -0.2) is 41.9 Å². The Morgan fingerprint density at radius 2 is 1.90 bits per heavy atom. The Bertz CT molecular complexity index is 1030. The third kappa shape index (κ3) is 4.32. The largest absolute Gasteiger partial charge is 0.462 e. The third-order valence-corrected chi connectivity index (χ3v) is 6.58. The lowest BCUT2D eigenvalue weighted by molar-refractivity contribution is -0.125. The number of hydrogen-bond acceptors (Lipinski definition) is 6. The lowest BCUT2D eigenvalue weighted by Gasteiger charge is -2.13. The van der Waals surface area contributed by atoms with Gasteiger partial charge in [0, 0.05) is 10.4 Å². The number of ether oxygens (including phenoxy) is 1. The van der Waals surface area contributed by atoms with Crippen LogP contribution in [0.4, 0.5) is 9.80 Å². The van der Waals surface area contributed by atoms with E-state index in [-0.39, 0.29) is 31.5 Å². The smallest absolute Gasteiger partial charge is 0.341 e. The molecule has 31 heavy (non-hydrogen) atoms. The number of nitrogens with zero attached hydrogens (tertiary/aromatic N) is 1. The Balaban J connectivity index is 1.50. The van der Waals surface area contributed by atoms with Gasteiger partial charge < -0.3 is 15.4 Å². The molecule has 0 radical (unpaired) electrons. The fraction of sp³-hybridized carbons (Fsp3) is 0.364. The van der Waals surface area contributed by atoms with E-state index >= 15 is 0 Å². The predicted octanol–water partition coefficient (Wildman–Crippen LogP) is 3.11. The third-order valence-electron chi connectivity index (χ3n) is 5.37. The molecule has 1 fully saturated rings. The first kappa shape index (κ1) is 21.0. The van der Waals surface area contributed by atoms with Crippen molar-refractivity contribution >= 4 is 40.2 Å². The summed E-state index contributed by atoms with van der Waals surface area (Å²) in [6.45, 7) is 2.19. The van der Waals surface area contributed by atoms with E-state index in [0.29, 0.717) is 16.1 Å². The first-order valence-corrected chi connectivity index (χ1v) is 11.1. The van der Waals surface area contributed by atoms with Crippen LogP contribution >= 0.6 is 11.3 Å². The van der Waals surface area contributed by atoms with Gasteiger partial charge in [0.2, 0.25) is 5.91 Å². The summed E-state index contributed by atoms with van der Waals surface area (Å²) in [6, 6.07) is 6.28. The summed E-state index contributed by atoms with van der Waals surface area (Å²) < 4.78 is 5.23. The number of esters is 1. The number of fused-ring (bicyclic) bond motifs is 1. The molecule has 2 N–H and O–H groups in total. The summed E-state index contributed by atoms with van der Waals surface area (Å²) in [4.78, 5) is 51.1. The Kier molecular flexibility index (Phi) is 6.03. The number of rotatable bonds is 6. The first-order chi connectivity index (χ1) is 15.0. The molecular formula is C22H23N3O5S. The number of amides is 4. The SMILES string of the molecule is CCOC(=O)c1c(NC(=O)c2ccc(CN3C(=O)CNC3=O)cc2)sc2c1CCCC2. The van der Waals surface area contributed by atoms with Gasteiger partial charge in [-0.25, -0.2) is 9.59 Å². The van der Waals surface area contributed by atoms with Gasteiger partial charge in [0.25, 0.3) is 5.91 Å². The second-order valence-corrected chi connectivity index (χ2v) is 8.53. The first-order valence-electron chi connectivity index (χ1n) is 10.3. The molecule has 4 rings (SSSR count). The molecule has 0 spiro atoms. The van der Waals surface area contributed by atoms with E-state index in [1.807, 2.05) is 0 Å². The number of anilines is 1. The average molecular weight is 442 g/mol. The van der Waals surface area contributed by atoms with Crippen LogP contribution in [0.15, 0.2) is 24.3 Å². The van der Waals surface area contributed by atoms with Crippen LogP contribution in [-0.2, 0) is 28.9 Å². The van der Waals surface area contributed by atoms with Gasteiger partial charge in [-0.05, 0) is 55.9 Å². The highest BCUT2D eigenvalue weighted by Gasteiger charge is 2.29. The van der Waals surface area contributed by atoms with Crippen molar-refractivity contribution in [3.8, 4) is 0 Å². The molecular weight excluding hydrogens is 418 g/mol. The summed E-state index contributed by atoms with van der Waals surface area (Å²) in [6.07, 6.45) is 3.80. The van der Waals surface area contributed by atoms with Crippen molar-refractivity contribution in [2.24, 2.45) is 0 Å². The number of thiophene rings is 1. The van der Waals surface area contributed by atoms with Gasteiger partial charge >= 0.3 is 12.0 Å². The molecule has 1 aliphatic heterocycles. The second kappa shape index (κ2) is 8.89. The zero-order valence-electron chi connectivity index (χ0n) is 17.2. The van der Waals surface area contributed by atoms with Gasteiger partial charge in [0.15, 0.2) is 0 Å². The Morgan fingerprint density at radius 3 is 2.58 bits per heavy atom. The van der Waals surface area contributed by atoms with Crippen LogP contribution in [0.1, 0.15) is 56.5 Å². The molecule has 162 valence electrons. The number of imide groups is 1. The van der Waals surface area contributed by atoms with Crippen LogP contribution in [0.5, 0.6) is 0 Å². The van der Waals surface area contributed by atoms with Crippen LogP contribution in [0.25, 0.3) is 0 Å². The highest BCUT2D eigenvalue weighted by Crippen LogP contribution is 2.38. The molecule has 0 bridgehead atoms. The fourth-order valence-corrected chi connectivity index (χ4v) is 5.08. The number of nitrogens with one attached hydrogen (secondary N) is 2. The van der Waals surface area contributed by atoms with E-state index < -0.39 is 12.0 Å². The van der Waals surface area contributed by atoms with Gasteiger partial charge in [-0.15, -0.1) is 11.3 Å². The number of aryl methyl sites for hydroxylation is 1. The van der Waals surface area contributed by atoms with E-state index in [4.69, 9.17) is 4.74 Å². The molecule has 8 nitrogen and oxygen atoms in total. The molecule has 2 aromatic rings. The van der Waals surface area contributed by atoms with Crippen molar-refractivity contribution in [2.45, 2.75) is 39.2 Å². The highest BCUT2D eigenvalue weighted by atomic mass is 32.1. The summed E-state index contributed by atoms with van der Waals surface area (Å²) in [5.41, 5.74) is 2.63. The van der Waals surface area contributed by atoms with Crippen LogP contribution in [0, 0.1) is 0 Å². The standard InChI is InChI=1S/C22H23N3O5S/c1-2-30-21(28)18-15-5-3-4-6-16(15)31-20(18)24-19(27)14-9-7-13(8-10-14)12-25-17(26)11-23-22(25)29/h7-10H,2-6,11-12H2,1H3,(H,23,29)(H,24,27). The molecule has 1 aromatic carbocycles. The van der Waals surface area contributed by atoms with E-state index in [1.165, 1.54) is 11.3 Å². The Morgan fingerprint density at radius 1 is 1.16 bits per heavy atom. The van der Waals surface area contributed by atoms with Gasteiger partial charge in [-0.2, -0.15) is 0 Å². The minimum absolute atomic E-state index is 0.00686. The topological polar surface area (TPSA) is 105 Å². The highest BCUT2D eigenvalue weighted by molar-refractivity contribution is 7.17. The van der Waals surface area contributed by atoms with Gasteiger partial charge in [0.1, 0.15) is 5.00 Å². The van der Waals surface area contributed by atoms with E-state index in [0.717, 1.165) is 46.6 Å². The van der Waals surface area contributed by atoms with Crippen molar-refractivity contribution in [3.05, 3.63) is 51.4 Å². The van der Waals surface area contributed by atoms with Crippen molar-refractivity contribution in [1.29, 1.82) is 0 Å². The summed E-state index contributed by atoms with van der Waals surface area (Å²) in [5.74, 6) is -1.01. The normalized spacial score (nSPS) is 15.5. The molecule has 1 saturated heterocycles. The molecule has 9 heteroatoms. The zero-order chi connectivity index (χ0) is 22.0. The molecule has 0 saturated carbocycles. The maximum Gasteiger partial charge on any atom is 0.341 e. The van der Waals surface area contributed by atoms with Crippen LogP contribution in [0.3, 0.4) is 0 Å². The number of hydrogen-bond donors (Lipinski definition) is 2. The van der Waals surface area contributed by atoms with Crippen LogP contribution < -0.4 is 10.6 Å². The molecule has 4 amide bonds. The van der Waals surface area contributed by atoms with Crippen molar-refractivity contribution in [3.63, 3.8) is 0 Å². The second-order valence-electron chi connectivity index (χ2n) is 7.43. The average Bonchev–Trinajstić information content (AvgIpc) is 3.28. The molecule has 1 aliphatic carbocycles. The molecule has 0 unspecified atom stereocenters. The summed E-state index contributed by atoms with van der Waals surface area (Å²) in [7, 11) is 0. The predicted molar refractivity (Wildman–Crippen MR) is 115 cm³/mol. The number of carbonyl (C=O) groups excluding carboxylic acids is 4. The van der Waals surface area contributed by atoms with E-state index in [9.17, 15) is 19.2 Å². The molecule has 1 aromatic heterocycles. The van der Waals surface area contributed by atoms with E-state index in [2.05, 4.69) is 10.6 Å². The summed E-state index contributed by atoms with van der Waals surface area (Å²) in [5, 5.41) is 5.88. The van der Waals surface area contributed by atoms with Gasteiger partial charge in [-0.3, -0.25) is 14.5 Å². The van der Waals surface area contributed by atoms with Crippen molar-refractivity contribution < 1.29 is 23.9 Å². The quantitative estimate of drug-likeness (QED) is 0.529.